The number of hydrogen-bond acceptors (Lipinski definition) is 5. The van der Waals surface area contributed by atoms with Gasteiger partial charge in [0, 0.05) is 30.3 Å². The van der Waals surface area contributed by atoms with Crippen molar-refractivity contribution in [3.05, 3.63) is 77.1 Å². The lowest BCUT2D eigenvalue weighted by Crippen LogP contribution is -2.23. The monoisotopic (exact) mass is 412 g/mol. The number of amides is 1. The van der Waals surface area contributed by atoms with Crippen molar-refractivity contribution >= 4 is 21.6 Å². The average molecular weight is 412 g/mol. The molecule has 0 atom stereocenters. The van der Waals surface area contributed by atoms with Gasteiger partial charge in [-0.15, -0.1) is 0 Å². The van der Waals surface area contributed by atoms with E-state index in [2.05, 4.69) is 10.4 Å². The van der Waals surface area contributed by atoms with Crippen LogP contribution in [-0.2, 0) is 21.4 Å². The maximum atomic E-state index is 12.1. The number of aryl methyl sites for hydroxylation is 1. The molecule has 1 amide bonds. The third-order valence-electron chi connectivity index (χ3n) is 4.18. The van der Waals surface area contributed by atoms with E-state index in [1.165, 1.54) is 35.0 Å². The number of hydrogen-bond donors (Lipinski definition) is 2. The van der Waals surface area contributed by atoms with E-state index in [0.717, 1.165) is 5.56 Å². The first-order chi connectivity index (χ1) is 13.8. The summed E-state index contributed by atoms with van der Waals surface area (Å²) in [5.74, 6) is -0.249. The lowest BCUT2D eigenvalue weighted by atomic mass is 10.1. The van der Waals surface area contributed by atoms with Crippen LogP contribution in [0.2, 0.25) is 0 Å². The van der Waals surface area contributed by atoms with Crippen molar-refractivity contribution in [2.75, 3.05) is 5.32 Å². The van der Waals surface area contributed by atoms with Gasteiger partial charge < -0.3 is 5.32 Å². The molecular formula is C20H20N4O4S. The van der Waals surface area contributed by atoms with Gasteiger partial charge in [0.25, 0.3) is 5.56 Å². The lowest BCUT2D eigenvalue weighted by Gasteiger charge is -2.08. The van der Waals surface area contributed by atoms with Crippen LogP contribution in [0.4, 0.5) is 5.69 Å². The molecule has 1 heterocycles. The second-order valence-electron chi connectivity index (χ2n) is 6.37. The van der Waals surface area contributed by atoms with Crippen LogP contribution in [-0.4, -0.2) is 24.1 Å². The van der Waals surface area contributed by atoms with Gasteiger partial charge in [0.2, 0.25) is 15.9 Å². The predicted molar refractivity (Wildman–Crippen MR) is 110 cm³/mol. The van der Waals surface area contributed by atoms with Crippen molar-refractivity contribution in [3.63, 3.8) is 0 Å². The minimum absolute atomic E-state index is 0.0285. The Morgan fingerprint density at radius 2 is 1.69 bits per heavy atom. The van der Waals surface area contributed by atoms with Crippen molar-refractivity contribution in [2.45, 2.75) is 24.3 Å². The topological polar surface area (TPSA) is 124 Å². The van der Waals surface area contributed by atoms with E-state index < -0.39 is 10.0 Å². The molecule has 0 saturated carbocycles. The highest BCUT2D eigenvalue weighted by Crippen LogP contribution is 2.15. The maximum absolute atomic E-state index is 12.1. The highest BCUT2D eigenvalue weighted by atomic mass is 32.2. The Hall–Kier alpha value is -3.30. The zero-order chi connectivity index (χ0) is 20.9. The molecule has 0 unspecified atom stereocenters. The molecule has 0 aliphatic carbocycles. The highest BCUT2D eigenvalue weighted by molar-refractivity contribution is 7.89. The molecule has 0 radical (unpaired) electrons. The molecule has 0 aliphatic heterocycles. The summed E-state index contributed by atoms with van der Waals surface area (Å²) in [7, 11) is -3.77. The summed E-state index contributed by atoms with van der Waals surface area (Å²) in [4.78, 5) is 24.1. The fourth-order valence-electron chi connectivity index (χ4n) is 2.71. The van der Waals surface area contributed by atoms with Crippen LogP contribution < -0.4 is 16.0 Å². The number of anilines is 1. The van der Waals surface area contributed by atoms with E-state index >= 15 is 0 Å². The number of aromatic nitrogens is 2. The van der Waals surface area contributed by atoms with Gasteiger partial charge in [-0.25, -0.2) is 18.2 Å². The molecule has 0 spiro atoms. The minimum atomic E-state index is -3.77. The molecule has 1 aromatic heterocycles. The minimum Gasteiger partial charge on any atom is -0.326 e. The Labute approximate surface area is 168 Å². The standard InChI is InChI=1S/C20H20N4O4S/c21-29(27,28)17-10-8-16(9-11-17)22-19(25)7-4-14-24-20(26)13-12-18(23-24)15-5-2-1-3-6-15/h1-3,5-6,8-13H,4,7,14H2,(H,22,25)(H2,21,27,28). The first-order valence-electron chi connectivity index (χ1n) is 8.89. The molecule has 0 fully saturated rings. The summed E-state index contributed by atoms with van der Waals surface area (Å²) in [5, 5.41) is 12.1. The van der Waals surface area contributed by atoms with Crippen molar-refractivity contribution in [2.24, 2.45) is 5.14 Å². The number of benzene rings is 2. The summed E-state index contributed by atoms with van der Waals surface area (Å²) < 4.78 is 23.8. The van der Waals surface area contributed by atoms with E-state index in [-0.39, 0.29) is 22.8 Å². The summed E-state index contributed by atoms with van der Waals surface area (Å²) in [5.41, 5.74) is 1.82. The van der Waals surface area contributed by atoms with Gasteiger partial charge in [0.05, 0.1) is 10.6 Å². The van der Waals surface area contributed by atoms with Crippen LogP contribution in [0.3, 0.4) is 0 Å². The van der Waals surface area contributed by atoms with Gasteiger partial charge in [-0.1, -0.05) is 30.3 Å². The van der Waals surface area contributed by atoms with Crippen molar-refractivity contribution in [1.82, 2.24) is 9.78 Å². The number of nitrogens with two attached hydrogens (primary N) is 1. The zero-order valence-corrected chi connectivity index (χ0v) is 16.3. The van der Waals surface area contributed by atoms with Gasteiger partial charge in [0.15, 0.2) is 0 Å². The van der Waals surface area contributed by atoms with E-state index in [4.69, 9.17) is 5.14 Å². The Morgan fingerprint density at radius 1 is 1.00 bits per heavy atom. The van der Waals surface area contributed by atoms with Gasteiger partial charge in [0.1, 0.15) is 0 Å². The van der Waals surface area contributed by atoms with Gasteiger partial charge in [-0.05, 0) is 36.8 Å². The first-order valence-corrected chi connectivity index (χ1v) is 10.4. The Balaban J connectivity index is 1.57. The first kappa shape index (κ1) is 20.4. The fourth-order valence-corrected chi connectivity index (χ4v) is 3.23. The third-order valence-corrected chi connectivity index (χ3v) is 5.11. The normalized spacial score (nSPS) is 11.2. The van der Waals surface area contributed by atoms with Crippen molar-refractivity contribution < 1.29 is 13.2 Å². The van der Waals surface area contributed by atoms with E-state index in [0.29, 0.717) is 24.3 Å². The van der Waals surface area contributed by atoms with Crippen LogP contribution in [0.25, 0.3) is 11.3 Å². The molecule has 0 bridgehead atoms. The number of nitrogens with zero attached hydrogens (tertiary/aromatic N) is 2. The largest absolute Gasteiger partial charge is 0.326 e. The van der Waals surface area contributed by atoms with E-state index in [1.807, 2.05) is 30.3 Å². The summed E-state index contributed by atoms with van der Waals surface area (Å²) in [6, 6.07) is 18.2. The summed E-state index contributed by atoms with van der Waals surface area (Å²) in [6.07, 6.45) is 0.604. The van der Waals surface area contributed by atoms with Crippen LogP contribution in [0, 0.1) is 0 Å². The Morgan fingerprint density at radius 3 is 2.34 bits per heavy atom. The van der Waals surface area contributed by atoms with Crippen LogP contribution >= 0.6 is 0 Å². The van der Waals surface area contributed by atoms with E-state index in [1.54, 1.807) is 6.07 Å². The molecular weight excluding hydrogens is 392 g/mol. The molecule has 2 aromatic carbocycles. The molecule has 3 rings (SSSR count). The van der Waals surface area contributed by atoms with Crippen LogP contribution in [0.15, 0.2) is 76.4 Å². The number of carbonyl (C=O) groups is 1. The molecule has 8 nitrogen and oxygen atoms in total. The van der Waals surface area contributed by atoms with Crippen LogP contribution in [0.5, 0.6) is 0 Å². The van der Waals surface area contributed by atoms with Crippen molar-refractivity contribution in [3.8, 4) is 11.3 Å². The van der Waals surface area contributed by atoms with Gasteiger partial charge in [-0.2, -0.15) is 5.10 Å². The number of sulfonamides is 1. The quantitative estimate of drug-likeness (QED) is 0.614. The predicted octanol–water partition coefficient (Wildman–Crippen LogP) is 1.98. The van der Waals surface area contributed by atoms with Gasteiger partial charge >= 0.3 is 0 Å². The molecule has 3 N–H and O–H groups in total. The van der Waals surface area contributed by atoms with Crippen molar-refractivity contribution in [1.29, 1.82) is 0 Å². The maximum Gasteiger partial charge on any atom is 0.266 e. The average Bonchev–Trinajstić information content (AvgIpc) is 2.70. The lowest BCUT2D eigenvalue weighted by molar-refractivity contribution is -0.116. The molecule has 9 heteroatoms. The molecule has 29 heavy (non-hydrogen) atoms. The smallest absolute Gasteiger partial charge is 0.266 e. The van der Waals surface area contributed by atoms with Gasteiger partial charge in [-0.3, -0.25) is 9.59 Å². The second-order valence-corrected chi connectivity index (χ2v) is 7.93. The SMILES string of the molecule is NS(=O)(=O)c1ccc(NC(=O)CCCn2nc(-c3ccccc3)ccc2=O)cc1. The second kappa shape index (κ2) is 8.80. The molecule has 0 aliphatic rings. The number of rotatable bonds is 7. The summed E-state index contributed by atoms with van der Waals surface area (Å²) >= 11 is 0. The molecule has 150 valence electrons. The molecule has 0 saturated heterocycles. The fraction of sp³-hybridized carbons (Fsp3) is 0.150. The summed E-state index contributed by atoms with van der Waals surface area (Å²) in [6.45, 7) is 0.303. The Kier molecular flexibility index (Phi) is 6.20. The number of primary sulfonamides is 1. The highest BCUT2D eigenvalue weighted by Gasteiger charge is 2.09. The third kappa shape index (κ3) is 5.59. The Bertz CT molecular complexity index is 1160. The number of nitrogens with one attached hydrogen (secondary N) is 1. The van der Waals surface area contributed by atoms with E-state index in [9.17, 15) is 18.0 Å². The zero-order valence-electron chi connectivity index (χ0n) is 15.5. The van der Waals surface area contributed by atoms with Crippen LogP contribution in [0.1, 0.15) is 12.8 Å². The number of carbonyl (C=O) groups excluding carboxylic acids is 1. The molecule has 3 aromatic rings.